The highest BCUT2D eigenvalue weighted by atomic mass is 19.1. The molecule has 7 heteroatoms. The summed E-state index contributed by atoms with van der Waals surface area (Å²) in [6.45, 7) is -0.311. The zero-order valence-electron chi connectivity index (χ0n) is 17.6. The summed E-state index contributed by atoms with van der Waals surface area (Å²) >= 11 is 0. The summed E-state index contributed by atoms with van der Waals surface area (Å²) in [6.07, 6.45) is 0.249. The molecule has 0 spiro atoms. The van der Waals surface area contributed by atoms with Crippen LogP contribution in [0.4, 0.5) is 8.78 Å². The Morgan fingerprint density at radius 2 is 1.61 bits per heavy atom. The van der Waals surface area contributed by atoms with E-state index in [1.54, 1.807) is 30.3 Å². The molecule has 33 heavy (non-hydrogen) atoms. The van der Waals surface area contributed by atoms with E-state index in [9.17, 15) is 18.4 Å². The van der Waals surface area contributed by atoms with Crippen LogP contribution in [0.25, 0.3) is 11.3 Å². The van der Waals surface area contributed by atoms with Gasteiger partial charge in [0, 0.05) is 11.6 Å². The van der Waals surface area contributed by atoms with Gasteiger partial charge in [0.2, 0.25) is 5.91 Å². The zero-order valence-corrected chi connectivity index (χ0v) is 17.6. The molecule has 1 aromatic heterocycles. The Kier molecular flexibility index (Phi) is 6.69. The molecular weight excluding hydrogens is 424 g/mol. The van der Waals surface area contributed by atoms with E-state index in [1.165, 1.54) is 30.3 Å². The standard InChI is InChI=1S/C26H21F2N3O2/c27-21-10-4-6-18(14-21)15-24(20-9-5-11-22(28)16-20)29-25(32)17-31-26(33)13-12-23(30-31)19-7-2-1-3-8-19/h1-14,16,24H,15,17H2,(H,29,32). The Hall–Kier alpha value is -4.13. The second-order valence-corrected chi connectivity index (χ2v) is 7.59. The van der Waals surface area contributed by atoms with Crippen LogP contribution in [-0.2, 0) is 17.8 Å². The first-order valence-corrected chi connectivity index (χ1v) is 10.4. The van der Waals surface area contributed by atoms with E-state index in [-0.39, 0.29) is 13.0 Å². The lowest BCUT2D eigenvalue weighted by Gasteiger charge is -2.20. The number of carbonyl (C=O) groups excluding carboxylic acids is 1. The van der Waals surface area contributed by atoms with E-state index in [4.69, 9.17) is 0 Å². The fraction of sp³-hybridized carbons (Fsp3) is 0.115. The molecule has 1 atom stereocenters. The fourth-order valence-corrected chi connectivity index (χ4v) is 3.58. The molecular formula is C26H21F2N3O2. The summed E-state index contributed by atoms with van der Waals surface area (Å²) < 4.78 is 28.6. The molecule has 0 fully saturated rings. The van der Waals surface area contributed by atoms with Gasteiger partial charge in [-0.1, -0.05) is 54.6 Å². The van der Waals surface area contributed by atoms with Gasteiger partial charge in [-0.15, -0.1) is 0 Å². The van der Waals surface area contributed by atoms with E-state index in [2.05, 4.69) is 10.4 Å². The van der Waals surface area contributed by atoms with Crippen LogP contribution in [0.2, 0.25) is 0 Å². The molecule has 1 unspecified atom stereocenters. The van der Waals surface area contributed by atoms with Crippen LogP contribution in [0.5, 0.6) is 0 Å². The largest absolute Gasteiger partial charge is 0.347 e. The molecule has 0 aliphatic carbocycles. The van der Waals surface area contributed by atoms with Gasteiger partial charge in [-0.2, -0.15) is 5.10 Å². The minimum atomic E-state index is -0.622. The van der Waals surface area contributed by atoms with Crippen LogP contribution in [-0.4, -0.2) is 15.7 Å². The predicted octanol–water partition coefficient (Wildman–Crippen LogP) is 4.29. The van der Waals surface area contributed by atoms with Gasteiger partial charge < -0.3 is 5.32 Å². The van der Waals surface area contributed by atoms with Gasteiger partial charge in [-0.25, -0.2) is 13.5 Å². The van der Waals surface area contributed by atoms with Gasteiger partial charge in [0.1, 0.15) is 18.2 Å². The molecule has 0 saturated carbocycles. The number of aromatic nitrogens is 2. The number of benzene rings is 3. The Labute approximate surface area is 189 Å². The first-order valence-electron chi connectivity index (χ1n) is 10.4. The molecule has 166 valence electrons. The number of hydrogen-bond acceptors (Lipinski definition) is 3. The third-order valence-electron chi connectivity index (χ3n) is 5.14. The van der Waals surface area contributed by atoms with Gasteiger partial charge in [0.05, 0.1) is 11.7 Å². The monoisotopic (exact) mass is 445 g/mol. The fourth-order valence-electron chi connectivity index (χ4n) is 3.58. The van der Waals surface area contributed by atoms with Crippen LogP contribution in [0.1, 0.15) is 17.2 Å². The Bertz CT molecular complexity index is 1320. The first-order chi connectivity index (χ1) is 16.0. The molecule has 1 N–H and O–H groups in total. The van der Waals surface area contributed by atoms with Crippen molar-refractivity contribution < 1.29 is 13.6 Å². The van der Waals surface area contributed by atoms with Crippen molar-refractivity contribution in [3.63, 3.8) is 0 Å². The lowest BCUT2D eigenvalue weighted by molar-refractivity contribution is -0.122. The molecule has 0 aliphatic rings. The molecule has 0 saturated heterocycles. The topological polar surface area (TPSA) is 64.0 Å². The highest BCUT2D eigenvalue weighted by Crippen LogP contribution is 2.20. The zero-order chi connectivity index (χ0) is 23.2. The van der Waals surface area contributed by atoms with E-state index in [0.717, 1.165) is 10.2 Å². The van der Waals surface area contributed by atoms with E-state index < -0.39 is 29.1 Å². The van der Waals surface area contributed by atoms with Crippen LogP contribution in [0.3, 0.4) is 0 Å². The minimum absolute atomic E-state index is 0.249. The van der Waals surface area contributed by atoms with Crippen LogP contribution in [0.15, 0.2) is 95.8 Å². The maximum Gasteiger partial charge on any atom is 0.267 e. The van der Waals surface area contributed by atoms with Gasteiger partial charge >= 0.3 is 0 Å². The number of halogens is 2. The molecule has 0 bridgehead atoms. The normalized spacial score (nSPS) is 11.7. The second-order valence-electron chi connectivity index (χ2n) is 7.59. The summed E-state index contributed by atoms with van der Waals surface area (Å²) in [7, 11) is 0. The minimum Gasteiger partial charge on any atom is -0.347 e. The summed E-state index contributed by atoms with van der Waals surface area (Å²) in [4.78, 5) is 25.2. The number of rotatable bonds is 7. The van der Waals surface area contributed by atoms with Gasteiger partial charge in [0.15, 0.2) is 0 Å². The lowest BCUT2D eigenvalue weighted by Crippen LogP contribution is -2.36. The molecule has 4 rings (SSSR count). The quantitative estimate of drug-likeness (QED) is 0.462. The third kappa shape index (κ3) is 5.77. The molecule has 1 amide bonds. The SMILES string of the molecule is O=C(Cn1nc(-c2ccccc2)ccc1=O)NC(Cc1cccc(F)c1)c1cccc(F)c1. The number of carbonyl (C=O) groups is 1. The van der Waals surface area contributed by atoms with Crippen molar-refractivity contribution in [2.75, 3.05) is 0 Å². The molecule has 3 aromatic carbocycles. The number of amides is 1. The Morgan fingerprint density at radius 3 is 2.33 bits per heavy atom. The number of nitrogens with one attached hydrogen (secondary N) is 1. The van der Waals surface area contributed by atoms with Crippen molar-refractivity contribution >= 4 is 5.91 Å². The average Bonchev–Trinajstić information content (AvgIpc) is 2.81. The van der Waals surface area contributed by atoms with E-state index >= 15 is 0 Å². The molecule has 0 aliphatic heterocycles. The van der Waals surface area contributed by atoms with Crippen molar-refractivity contribution in [2.45, 2.75) is 19.0 Å². The maximum absolute atomic E-state index is 13.8. The molecule has 1 heterocycles. The summed E-state index contributed by atoms with van der Waals surface area (Å²) in [5.41, 5.74) is 2.13. The van der Waals surface area contributed by atoms with Crippen LogP contribution >= 0.6 is 0 Å². The van der Waals surface area contributed by atoms with Crippen molar-refractivity contribution in [1.82, 2.24) is 15.1 Å². The van der Waals surface area contributed by atoms with Crippen molar-refractivity contribution in [2.24, 2.45) is 0 Å². The van der Waals surface area contributed by atoms with Gasteiger partial charge in [-0.3, -0.25) is 9.59 Å². The second kappa shape index (κ2) is 9.99. The Balaban J connectivity index is 1.56. The summed E-state index contributed by atoms with van der Waals surface area (Å²) in [5.74, 6) is -1.31. The number of nitrogens with zero attached hydrogens (tertiary/aromatic N) is 2. The van der Waals surface area contributed by atoms with Crippen molar-refractivity contribution in [1.29, 1.82) is 0 Å². The highest BCUT2D eigenvalue weighted by molar-refractivity contribution is 5.76. The lowest BCUT2D eigenvalue weighted by atomic mass is 9.98. The molecule has 5 nitrogen and oxygen atoms in total. The average molecular weight is 445 g/mol. The van der Waals surface area contributed by atoms with E-state index in [0.29, 0.717) is 16.8 Å². The van der Waals surface area contributed by atoms with Crippen LogP contribution < -0.4 is 10.9 Å². The number of hydrogen-bond donors (Lipinski definition) is 1. The van der Waals surface area contributed by atoms with Crippen molar-refractivity contribution in [3.8, 4) is 11.3 Å². The third-order valence-corrected chi connectivity index (χ3v) is 5.14. The Morgan fingerprint density at radius 1 is 0.879 bits per heavy atom. The predicted molar refractivity (Wildman–Crippen MR) is 121 cm³/mol. The van der Waals surface area contributed by atoms with Gasteiger partial charge in [0.25, 0.3) is 5.56 Å². The highest BCUT2D eigenvalue weighted by Gasteiger charge is 2.18. The van der Waals surface area contributed by atoms with Crippen molar-refractivity contribution in [3.05, 3.63) is 124 Å². The van der Waals surface area contributed by atoms with E-state index in [1.807, 2.05) is 30.3 Å². The molecule has 4 aromatic rings. The van der Waals surface area contributed by atoms with Gasteiger partial charge in [-0.05, 0) is 47.9 Å². The molecule has 0 radical (unpaired) electrons. The maximum atomic E-state index is 13.8. The smallest absolute Gasteiger partial charge is 0.267 e. The van der Waals surface area contributed by atoms with Crippen LogP contribution in [0, 0.1) is 11.6 Å². The first kappa shape index (κ1) is 22.1. The summed E-state index contributed by atoms with van der Waals surface area (Å²) in [5, 5.41) is 7.14. The summed E-state index contributed by atoms with van der Waals surface area (Å²) in [6, 6.07) is 23.5.